The van der Waals surface area contributed by atoms with Crippen LogP contribution in [0.15, 0.2) is 18.2 Å². The molecular weight excluding hydrogens is 269 g/mol. The van der Waals surface area contributed by atoms with Gasteiger partial charge in [-0.1, -0.05) is 12.1 Å². The number of hydroxylamine groups is 1. The number of alkyl halides is 3. The number of hydrogen-bond acceptors (Lipinski definition) is 4. The smallest absolute Gasteiger partial charge is 0.267 e. The Balaban J connectivity index is 2.85. The van der Waals surface area contributed by atoms with Crippen molar-refractivity contribution < 1.29 is 27.7 Å². The van der Waals surface area contributed by atoms with Crippen LogP contribution in [-0.4, -0.2) is 23.6 Å². The zero-order valence-electron chi connectivity index (χ0n) is 9.65. The molecule has 104 valence electrons. The molecule has 1 aromatic carbocycles. The van der Waals surface area contributed by atoms with E-state index in [4.69, 9.17) is 0 Å². The number of nitro benzene ring substituents is 1. The molecule has 0 bridgehead atoms. The van der Waals surface area contributed by atoms with E-state index in [1.807, 2.05) is 0 Å². The van der Waals surface area contributed by atoms with Gasteiger partial charge in [0, 0.05) is 6.07 Å². The minimum Gasteiger partial charge on any atom is -0.267 e. The number of nitrogens with zero attached hydrogens (tertiary/aromatic N) is 1. The predicted molar refractivity (Wildman–Crippen MR) is 57.3 cm³/mol. The summed E-state index contributed by atoms with van der Waals surface area (Å²) in [6, 6.07) is 3.86. The molecule has 0 saturated heterocycles. The van der Waals surface area contributed by atoms with E-state index < -0.39 is 29.3 Å². The third-order valence-electron chi connectivity index (χ3n) is 2.08. The molecule has 0 aliphatic heterocycles. The van der Waals surface area contributed by atoms with Gasteiger partial charge in [0.05, 0.1) is 4.92 Å². The Morgan fingerprint density at radius 1 is 1.47 bits per heavy atom. The molecule has 0 radical (unpaired) electrons. The fourth-order valence-corrected chi connectivity index (χ4v) is 1.33. The molecule has 0 aliphatic rings. The summed E-state index contributed by atoms with van der Waals surface area (Å²) < 4.78 is 35.4. The molecule has 0 saturated carbocycles. The Bertz CT molecular complexity index is 502. The van der Waals surface area contributed by atoms with Gasteiger partial charge < -0.3 is 0 Å². The number of amides is 1. The van der Waals surface area contributed by atoms with Crippen molar-refractivity contribution in [3.05, 3.63) is 39.4 Å². The highest BCUT2D eigenvalue weighted by Gasteiger charge is 2.29. The van der Waals surface area contributed by atoms with Crippen molar-refractivity contribution in [1.29, 1.82) is 0 Å². The van der Waals surface area contributed by atoms with Gasteiger partial charge in [0.2, 0.25) is 0 Å². The number of carbonyl (C=O) groups is 1. The number of halogens is 3. The number of benzene rings is 1. The lowest BCUT2D eigenvalue weighted by Crippen LogP contribution is -2.30. The Hall–Kier alpha value is -2.16. The minimum atomic E-state index is -4.61. The van der Waals surface area contributed by atoms with Gasteiger partial charge in [-0.2, -0.15) is 13.2 Å². The van der Waals surface area contributed by atoms with Gasteiger partial charge in [-0.15, -0.1) is 0 Å². The summed E-state index contributed by atoms with van der Waals surface area (Å²) in [4.78, 5) is 25.4. The molecule has 0 spiro atoms. The fourth-order valence-electron chi connectivity index (χ4n) is 1.33. The van der Waals surface area contributed by atoms with Crippen LogP contribution < -0.4 is 5.48 Å². The Morgan fingerprint density at radius 2 is 2.11 bits per heavy atom. The summed E-state index contributed by atoms with van der Waals surface area (Å²) in [6.45, 7) is -0.260. The zero-order valence-corrected chi connectivity index (χ0v) is 9.65. The van der Waals surface area contributed by atoms with E-state index in [-0.39, 0.29) is 11.1 Å². The van der Waals surface area contributed by atoms with Gasteiger partial charge in [0.1, 0.15) is 5.56 Å². The van der Waals surface area contributed by atoms with Gasteiger partial charge in [-0.25, -0.2) is 5.48 Å². The minimum absolute atomic E-state index is 0.252. The van der Waals surface area contributed by atoms with Gasteiger partial charge in [0.15, 0.2) is 6.61 Å². The third kappa shape index (κ3) is 4.21. The van der Waals surface area contributed by atoms with Crippen molar-refractivity contribution in [2.24, 2.45) is 0 Å². The maximum Gasteiger partial charge on any atom is 0.414 e. The average Bonchev–Trinajstić information content (AvgIpc) is 2.26. The molecule has 0 unspecified atom stereocenters. The van der Waals surface area contributed by atoms with E-state index in [9.17, 15) is 28.1 Å². The van der Waals surface area contributed by atoms with Crippen LogP contribution in [0.5, 0.6) is 0 Å². The quantitative estimate of drug-likeness (QED) is 0.675. The van der Waals surface area contributed by atoms with Gasteiger partial charge >= 0.3 is 6.18 Å². The maximum atomic E-state index is 11.8. The molecular formula is C10H9F3N2O4. The molecule has 1 aromatic rings. The van der Waals surface area contributed by atoms with Crippen molar-refractivity contribution in [3.8, 4) is 0 Å². The molecule has 9 heteroatoms. The number of rotatable bonds is 4. The maximum absolute atomic E-state index is 11.8. The van der Waals surface area contributed by atoms with Crippen molar-refractivity contribution in [1.82, 2.24) is 5.48 Å². The van der Waals surface area contributed by atoms with Crippen LogP contribution in [0.25, 0.3) is 0 Å². The fraction of sp³-hybridized carbons (Fsp3) is 0.300. The lowest BCUT2D eigenvalue weighted by Gasteiger charge is -2.09. The van der Waals surface area contributed by atoms with Crippen LogP contribution in [0.2, 0.25) is 0 Å². The van der Waals surface area contributed by atoms with Crippen LogP contribution in [0, 0.1) is 17.0 Å². The highest BCUT2D eigenvalue weighted by molar-refractivity contribution is 5.98. The Morgan fingerprint density at radius 3 is 2.63 bits per heavy atom. The van der Waals surface area contributed by atoms with Gasteiger partial charge in [-0.3, -0.25) is 19.7 Å². The number of nitrogens with one attached hydrogen (secondary N) is 1. The highest BCUT2D eigenvalue weighted by Crippen LogP contribution is 2.21. The van der Waals surface area contributed by atoms with E-state index in [0.29, 0.717) is 0 Å². The SMILES string of the molecule is Cc1cccc([N+](=O)[O-])c1C(=O)NOCC(F)(F)F. The normalized spacial score (nSPS) is 11.2. The van der Waals surface area contributed by atoms with Gasteiger partial charge in [0.25, 0.3) is 11.6 Å². The monoisotopic (exact) mass is 278 g/mol. The lowest BCUT2D eigenvalue weighted by atomic mass is 10.1. The molecule has 0 atom stereocenters. The molecule has 1 rings (SSSR count). The number of nitro groups is 1. The molecule has 1 N–H and O–H groups in total. The number of aryl methyl sites for hydroxylation is 1. The first-order valence-electron chi connectivity index (χ1n) is 4.95. The van der Waals surface area contributed by atoms with Crippen molar-refractivity contribution in [2.75, 3.05) is 6.61 Å². The van der Waals surface area contributed by atoms with Crippen LogP contribution in [0.3, 0.4) is 0 Å². The third-order valence-corrected chi connectivity index (χ3v) is 2.08. The van der Waals surface area contributed by atoms with Crippen LogP contribution in [0.4, 0.5) is 18.9 Å². The molecule has 0 fully saturated rings. The summed E-state index contributed by atoms with van der Waals surface area (Å²) in [5, 5.41) is 10.7. The molecule has 0 heterocycles. The lowest BCUT2D eigenvalue weighted by molar-refractivity contribution is -0.385. The summed E-state index contributed by atoms with van der Waals surface area (Å²) in [7, 11) is 0. The van der Waals surface area contributed by atoms with Crippen molar-refractivity contribution in [3.63, 3.8) is 0 Å². The van der Waals surface area contributed by atoms with Crippen LogP contribution >= 0.6 is 0 Å². The second-order valence-electron chi connectivity index (χ2n) is 3.56. The second-order valence-corrected chi connectivity index (χ2v) is 3.56. The topological polar surface area (TPSA) is 81.5 Å². The number of hydrogen-bond donors (Lipinski definition) is 1. The molecule has 0 aliphatic carbocycles. The summed E-state index contributed by atoms with van der Waals surface area (Å²) in [5.41, 5.74) is 0.936. The van der Waals surface area contributed by atoms with E-state index >= 15 is 0 Å². The first-order chi connectivity index (χ1) is 8.72. The summed E-state index contributed by atoms with van der Waals surface area (Å²) in [6.07, 6.45) is -4.61. The van der Waals surface area contributed by atoms with E-state index in [1.165, 1.54) is 24.5 Å². The Kier molecular flexibility index (Phi) is 4.43. The van der Waals surface area contributed by atoms with E-state index in [2.05, 4.69) is 4.84 Å². The predicted octanol–water partition coefficient (Wildman–Crippen LogP) is 2.13. The first kappa shape index (κ1) is 14.9. The van der Waals surface area contributed by atoms with Crippen LogP contribution in [0.1, 0.15) is 15.9 Å². The largest absolute Gasteiger partial charge is 0.414 e. The van der Waals surface area contributed by atoms with E-state index in [0.717, 1.165) is 6.07 Å². The average molecular weight is 278 g/mol. The molecule has 1 amide bonds. The highest BCUT2D eigenvalue weighted by atomic mass is 19.4. The van der Waals surface area contributed by atoms with Crippen molar-refractivity contribution in [2.45, 2.75) is 13.1 Å². The van der Waals surface area contributed by atoms with E-state index in [1.54, 1.807) is 0 Å². The Labute approximate surface area is 105 Å². The van der Waals surface area contributed by atoms with Crippen LogP contribution in [-0.2, 0) is 4.84 Å². The summed E-state index contributed by atoms with van der Waals surface area (Å²) >= 11 is 0. The first-order valence-corrected chi connectivity index (χ1v) is 4.95. The van der Waals surface area contributed by atoms with Gasteiger partial charge in [-0.05, 0) is 12.5 Å². The standard InChI is InChI=1S/C10H9F3N2O4/c1-6-3-2-4-7(15(17)18)8(6)9(16)14-19-5-10(11,12)13/h2-4H,5H2,1H3,(H,14,16). The van der Waals surface area contributed by atoms with Crippen molar-refractivity contribution >= 4 is 11.6 Å². The molecule has 6 nitrogen and oxygen atoms in total. The molecule has 19 heavy (non-hydrogen) atoms. The second kappa shape index (κ2) is 5.65. The molecule has 0 aromatic heterocycles. The zero-order chi connectivity index (χ0) is 14.6. The number of carbonyl (C=O) groups excluding carboxylic acids is 1. The summed E-state index contributed by atoms with van der Waals surface area (Å²) in [5.74, 6) is -1.10.